The summed E-state index contributed by atoms with van der Waals surface area (Å²) >= 11 is 2.85. The van der Waals surface area contributed by atoms with Crippen LogP contribution in [0.5, 0.6) is 0 Å². The molecule has 2 rings (SSSR count). The number of halogens is 1. The number of furan rings is 1. The monoisotopic (exact) mass is 350 g/mol. The van der Waals surface area contributed by atoms with E-state index in [1.807, 2.05) is 0 Å². The van der Waals surface area contributed by atoms with Gasteiger partial charge >= 0.3 is 5.97 Å². The first-order valence-corrected chi connectivity index (χ1v) is 7.06. The molecule has 0 saturated carbocycles. The summed E-state index contributed by atoms with van der Waals surface area (Å²) < 4.78 is 35.4. The van der Waals surface area contributed by atoms with E-state index in [9.17, 15) is 13.2 Å². The molecule has 2 N–H and O–H groups in total. The molecule has 2 aromatic rings. The van der Waals surface area contributed by atoms with Crippen LogP contribution in [-0.2, 0) is 10.0 Å². The maximum atomic E-state index is 12.0. The Balaban J connectivity index is 2.37. The van der Waals surface area contributed by atoms with Crippen LogP contribution >= 0.6 is 15.9 Å². The number of carbonyl (C=O) groups is 1. The molecular formula is C9H7BrN2O6S. The number of aryl methyl sites for hydroxylation is 1. The van der Waals surface area contributed by atoms with Crippen molar-refractivity contribution in [3.8, 4) is 0 Å². The highest BCUT2D eigenvalue weighted by Crippen LogP contribution is 2.27. The lowest BCUT2D eigenvalue weighted by Gasteiger charge is -2.01. The van der Waals surface area contributed by atoms with Gasteiger partial charge in [0.15, 0.2) is 10.5 Å². The number of nitrogens with zero attached hydrogens (tertiary/aromatic N) is 1. The van der Waals surface area contributed by atoms with Crippen LogP contribution in [0.2, 0.25) is 0 Å². The summed E-state index contributed by atoms with van der Waals surface area (Å²) in [5, 5.41) is 12.2. The number of anilines is 1. The second-order valence-corrected chi connectivity index (χ2v) is 5.85. The van der Waals surface area contributed by atoms with Crippen molar-refractivity contribution in [1.29, 1.82) is 0 Å². The van der Waals surface area contributed by atoms with Crippen LogP contribution in [0.3, 0.4) is 0 Å². The Morgan fingerprint density at radius 2 is 2.16 bits per heavy atom. The van der Waals surface area contributed by atoms with Crippen LogP contribution in [0.15, 0.2) is 30.6 Å². The lowest BCUT2D eigenvalue weighted by molar-refractivity contribution is 0.0661. The summed E-state index contributed by atoms with van der Waals surface area (Å²) in [4.78, 5) is 10.4. The zero-order valence-corrected chi connectivity index (χ0v) is 11.8. The first-order valence-electron chi connectivity index (χ1n) is 4.78. The van der Waals surface area contributed by atoms with E-state index in [0.717, 1.165) is 6.07 Å². The average molecular weight is 351 g/mol. The minimum absolute atomic E-state index is 0.0116. The fraction of sp³-hybridized carbons (Fsp3) is 0.111. The third-order valence-corrected chi connectivity index (χ3v) is 4.23. The molecule has 0 atom stereocenters. The SMILES string of the molecule is Cc1cc(NS(=O)(=O)c2cc(C(=O)O)oc2Br)no1. The maximum absolute atomic E-state index is 12.0. The highest BCUT2D eigenvalue weighted by Gasteiger charge is 2.25. The topological polar surface area (TPSA) is 123 Å². The van der Waals surface area contributed by atoms with Gasteiger partial charge < -0.3 is 14.0 Å². The maximum Gasteiger partial charge on any atom is 0.371 e. The highest BCUT2D eigenvalue weighted by molar-refractivity contribution is 9.10. The molecule has 0 saturated heterocycles. The molecule has 0 aliphatic heterocycles. The fourth-order valence-electron chi connectivity index (χ4n) is 1.25. The molecule has 0 aliphatic rings. The highest BCUT2D eigenvalue weighted by atomic mass is 79.9. The number of hydrogen-bond acceptors (Lipinski definition) is 6. The average Bonchev–Trinajstić information content (AvgIpc) is 2.85. The van der Waals surface area contributed by atoms with Gasteiger partial charge in [-0.25, -0.2) is 13.2 Å². The second-order valence-electron chi connectivity index (χ2n) is 3.48. The third-order valence-electron chi connectivity index (χ3n) is 2.02. The normalized spacial score (nSPS) is 11.5. The van der Waals surface area contributed by atoms with E-state index in [-0.39, 0.29) is 15.4 Å². The van der Waals surface area contributed by atoms with Gasteiger partial charge in [0.1, 0.15) is 10.7 Å². The van der Waals surface area contributed by atoms with Crippen molar-refractivity contribution >= 4 is 37.7 Å². The molecule has 0 fully saturated rings. The molecule has 0 radical (unpaired) electrons. The van der Waals surface area contributed by atoms with Gasteiger partial charge in [-0.1, -0.05) is 5.16 Å². The number of aromatic nitrogens is 1. The predicted octanol–water partition coefficient (Wildman–Crippen LogP) is 1.84. The molecule has 0 amide bonds. The zero-order chi connectivity index (χ0) is 14.2. The smallest absolute Gasteiger partial charge is 0.371 e. The molecule has 0 spiro atoms. The molecule has 0 bridgehead atoms. The van der Waals surface area contributed by atoms with Crippen molar-refractivity contribution in [2.75, 3.05) is 4.72 Å². The molecule has 0 aliphatic carbocycles. The van der Waals surface area contributed by atoms with Crippen LogP contribution in [0.25, 0.3) is 0 Å². The Morgan fingerprint density at radius 1 is 1.47 bits per heavy atom. The van der Waals surface area contributed by atoms with Crippen molar-refractivity contribution in [3.63, 3.8) is 0 Å². The van der Waals surface area contributed by atoms with Crippen molar-refractivity contribution < 1.29 is 27.3 Å². The summed E-state index contributed by atoms with van der Waals surface area (Å²) in [5.41, 5.74) is 0. The Morgan fingerprint density at radius 3 is 2.63 bits per heavy atom. The zero-order valence-electron chi connectivity index (χ0n) is 9.38. The molecule has 2 aromatic heterocycles. The van der Waals surface area contributed by atoms with Crippen molar-refractivity contribution in [2.45, 2.75) is 11.8 Å². The molecule has 2 heterocycles. The summed E-state index contributed by atoms with van der Waals surface area (Å²) in [6.07, 6.45) is 0. The predicted molar refractivity (Wildman–Crippen MR) is 65.4 cm³/mol. The standard InChI is InChI=1S/C9H7BrN2O6S/c1-4-2-7(11-18-4)12-19(15,16)6-3-5(9(13)14)17-8(6)10/h2-3H,1H3,(H,11,12)(H,13,14). The van der Waals surface area contributed by atoms with E-state index in [0.29, 0.717) is 5.76 Å². The van der Waals surface area contributed by atoms with Crippen LogP contribution in [0.1, 0.15) is 16.3 Å². The minimum Gasteiger partial charge on any atom is -0.475 e. The number of nitrogens with one attached hydrogen (secondary N) is 1. The van der Waals surface area contributed by atoms with Gasteiger partial charge in [0, 0.05) is 12.1 Å². The Hall–Kier alpha value is -1.81. The van der Waals surface area contributed by atoms with E-state index in [4.69, 9.17) is 14.0 Å². The summed E-state index contributed by atoms with van der Waals surface area (Å²) in [7, 11) is -4.02. The van der Waals surface area contributed by atoms with Gasteiger partial charge in [0.2, 0.25) is 5.76 Å². The summed E-state index contributed by atoms with van der Waals surface area (Å²) in [6, 6.07) is 2.27. The van der Waals surface area contributed by atoms with E-state index in [1.165, 1.54) is 6.07 Å². The van der Waals surface area contributed by atoms with Gasteiger partial charge in [-0.3, -0.25) is 4.72 Å². The van der Waals surface area contributed by atoms with Gasteiger partial charge in [-0.2, -0.15) is 0 Å². The summed E-state index contributed by atoms with van der Waals surface area (Å²) in [6.45, 7) is 1.60. The molecular weight excluding hydrogens is 344 g/mol. The van der Waals surface area contributed by atoms with Gasteiger partial charge in [-0.05, 0) is 22.9 Å². The molecule has 19 heavy (non-hydrogen) atoms. The number of hydrogen-bond donors (Lipinski definition) is 2. The Kier molecular flexibility index (Phi) is 3.37. The first-order chi connectivity index (χ1) is 8.79. The number of aromatic carboxylic acids is 1. The quantitative estimate of drug-likeness (QED) is 0.861. The fourth-order valence-corrected chi connectivity index (χ4v) is 3.17. The molecule has 10 heteroatoms. The van der Waals surface area contributed by atoms with E-state index < -0.39 is 21.8 Å². The van der Waals surface area contributed by atoms with Crippen molar-refractivity contribution in [2.24, 2.45) is 0 Å². The Labute approximate surface area is 115 Å². The van der Waals surface area contributed by atoms with E-state index in [1.54, 1.807) is 6.92 Å². The van der Waals surface area contributed by atoms with Gasteiger partial charge in [-0.15, -0.1) is 0 Å². The number of carboxylic acid groups (broad SMARTS) is 1. The first kappa shape index (κ1) is 13.6. The van der Waals surface area contributed by atoms with Gasteiger partial charge in [0.25, 0.3) is 10.0 Å². The van der Waals surface area contributed by atoms with Crippen molar-refractivity contribution in [1.82, 2.24) is 5.16 Å². The third kappa shape index (κ3) is 2.79. The molecule has 102 valence electrons. The molecule has 8 nitrogen and oxygen atoms in total. The Bertz CT molecular complexity index is 732. The van der Waals surface area contributed by atoms with Crippen molar-refractivity contribution in [3.05, 3.63) is 28.3 Å². The van der Waals surface area contributed by atoms with Gasteiger partial charge in [0.05, 0.1) is 0 Å². The molecule has 0 unspecified atom stereocenters. The summed E-state index contributed by atoms with van der Waals surface area (Å²) in [5.74, 6) is -1.46. The van der Waals surface area contributed by atoms with Crippen LogP contribution in [0, 0.1) is 6.92 Å². The van der Waals surface area contributed by atoms with Crippen LogP contribution < -0.4 is 4.72 Å². The number of rotatable bonds is 4. The lowest BCUT2D eigenvalue weighted by atomic mass is 10.5. The largest absolute Gasteiger partial charge is 0.475 e. The van der Waals surface area contributed by atoms with Crippen LogP contribution in [0.4, 0.5) is 5.82 Å². The minimum atomic E-state index is -4.02. The van der Waals surface area contributed by atoms with E-state index in [2.05, 4.69) is 25.8 Å². The second kappa shape index (κ2) is 4.70. The van der Waals surface area contributed by atoms with E-state index >= 15 is 0 Å². The lowest BCUT2D eigenvalue weighted by Crippen LogP contribution is -2.12. The molecule has 0 aromatic carbocycles. The number of carboxylic acids is 1. The van der Waals surface area contributed by atoms with Crippen LogP contribution in [-0.4, -0.2) is 24.7 Å². The number of sulfonamides is 1.